The normalized spacial score (nSPS) is 25.9. The lowest BCUT2D eigenvalue weighted by Crippen LogP contribution is -2.44. The summed E-state index contributed by atoms with van der Waals surface area (Å²) in [6.45, 7) is 6.35. The summed E-state index contributed by atoms with van der Waals surface area (Å²) in [5.41, 5.74) is -0.477. The minimum absolute atomic E-state index is 0.000201. The number of likely N-dealkylation sites (tertiary alicyclic amines) is 1. The quantitative estimate of drug-likeness (QED) is 0.685. The average molecular weight is 210 g/mol. The third-order valence-corrected chi connectivity index (χ3v) is 3.35. The summed E-state index contributed by atoms with van der Waals surface area (Å²) in [6, 6.07) is 0. The smallest absolute Gasteiger partial charge is 0.235 e. The van der Waals surface area contributed by atoms with Crippen LogP contribution >= 0.6 is 0 Å². The lowest BCUT2D eigenvalue weighted by Gasteiger charge is -2.28. The molecule has 0 radical (unpaired) electrons. The highest BCUT2D eigenvalue weighted by Gasteiger charge is 2.44. The van der Waals surface area contributed by atoms with Crippen molar-refractivity contribution in [2.75, 3.05) is 19.6 Å². The molecule has 0 aliphatic carbocycles. The monoisotopic (exact) mass is 210 g/mol. The molecule has 0 atom stereocenters. The van der Waals surface area contributed by atoms with Crippen molar-refractivity contribution in [1.82, 2.24) is 10.2 Å². The molecule has 0 bridgehead atoms. The Morgan fingerprint density at radius 3 is 2.47 bits per heavy atom. The van der Waals surface area contributed by atoms with Gasteiger partial charge >= 0.3 is 0 Å². The molecule has 0 aromatic carbocycles. The summed E-state index contributed by atoms with van der Waals surface area (Å²) in [6.07, 6.45) is 1.31. The van der Waals surface area contributed by atoms with Gasteiger partial charge < -0.3 is 5.32 Å². The zero-order chi connectivity index (χ0) is 11.1. The lowest BCUT2D eigenvalue weighted by atomic mass is 9.92. The molecule has 0 aromatic rings. The van der Waals surface area contributed by atoms with Crippen molar-refractivity contribution >= 4 is 11.8 Å². The molecular formula is C11H18N2O2. The second-order valence-corrected chi connectivity index (χ2v) is 5.22. The second-order valence-electron chi connectivity index (χ2n) is 5.22. The van der Waals surface area contributed by atoms with E-state index in [0.717, 1.165) is 19.5 Å². The zero-order valence-electron chi connectivity index (χ0n) is 9.38. The number of imide groups is 1. The number of hydrogen-bond donors (Lipinski definition) is 1. The van der Waals surface area contributed by atoms with Crippen LogP contribution in [0.2, 0.25) is 0 Å². The van der Waals surface area contributed by atoms with Gasteiger partial charge in [0.05, 0.1) is 5.41 Å². The SMILES string of the molecule is CC1(C)CC(=O)N(CCC2CNC2)C1=O. The molecule has 0 unspecified atom stereocenters. The van der Waals surface area contributed by atoms with Gasteiger partial charge in [0.2, 0.25) is 11.8 Å². The number of carbonyl (C=O) groups excluding carboxylic acids is 2. The molecule has 4 heteroatoms. The van der Waals surface area contributed by atoms with Crippen molar-refractivity contribution in [2.45, 2.75) is 26.7 Å². The largest absolute Gasteiger partial charge is 0.316 e. The Hall–Kier alpha value is -0.900. The van der Waals surface area contributed by atoms with Gasteiger partial charge in [0.1, 0.15) is 0 Å². The molecule has 2 saturated heterocycles. The van der Waals surface area contributed by atoms with Crippen LogP contribution in [0.1, 0.15) is 26.7 Å². The molecule has 2 rings (SSSR count). The molecule has 0 saturated carbocycles. The van der Waals surface area contributed by atoms with E-state index in [2.05, 4.69) is 5.32 Å². The number of hydrogen-bond acceptors (Lipinski definition) is 3. The van der Waals surface area contributed by atoms with Crippen LogP contribution in [0.3, 0.4) is 0 Å². The molecule has 4 nitrogen and oxygen atoms in total. The van der Waals surface area contributed by atoms with Crippen LogP contribution in [0.15, 0.2) is 0 Å². The highest BCUT2D eigenvalue weighted by atomic mass is 16.2. The van der Waals surface area contributed by atoms with Gasteiger partial charge in [-0.05, 0) is 25.4 Å². The van der Waals surface area contributed by atoms with Crippen LogP contribution in [-0.4, -0.2) is 36.3 Å². The Balaban J connectivity index is 1.91. The molecular weight excluding hydrogens is 192 g/mol. The van der Waals surface area contributed by atoms with E-state index in [1.54, 1.807) is 0 Å². The third kappa shape index (κ3) is 1.91. The van der Waals surface area contributed by atoms with Crippen LogP contribution in [0.25, 0.3) is 0 Å². The van der Waals surface area contributed by atoms with E-state index < -0.39 is 5.41 Å². The summed E-state index contributed by atoms with van der Waals surface area (Å²) in [5, 5.41) is 3.19. The number of rotatable bonds is 3. The maximum atomic E-state index is 11.8. The summed E-state index contributed by atoms with van der Waals surface area (Å²) in [7, 11) is 0. The van der Waals surface area contributed by atoms with E-state index >= 15 is 0 Å². The van der Waals surface area contributed by atoms with E-state index in [0.29, 0.717) is 18.9 Å². The Kier molecular flexibility index (Phi) is 2.54. The first-order chi connectivity index (χ1) is 7.00. The van der Waals surface area contributed by atoms with Crippen LogP contribution < -0.4 is 5.32 Å². The summed E-state index contributed by atoms with van der Waals surface area (Å²) in [4.78, 5) is 24.9. The van der Waals surface area contributed by atoms with Gasteiger partial charge in [-0.15, -0.1) is 0 Å². The number of nitrogens with one attached hydrogen (secondary N) is 1. The van der Waals surface area contributed by atoms with Gasteiger partial charge in [-0.2, -0.15) is 0 Å². The van der Waals surface area contributed by atoms with E-state index in [1.807, 2.05) is 13.8 Å². The summed E-state index contributed by atoms with van der Waals surface area (Å²) < 4.78 is 0. The number of amides is 2. The Bertz CT molecular complexity index is 295. The summed E-state index contributed by atoms with van der Waals surface area (Å²) in [5.74, 6) is 0.645. The molecule has 2 aliphatic rings. The van der Waals surface area contributed by atoms with Crippen molar-refractivity contribution in [1.29, 1.82) is 0 Å². The minimum Gasteiger partial charge on any atom is -0.316 e. The van der Waals surface area contributed by atoms with Crippen molar-refractivity contribution in [2.24, 2.45) is 11.3 Å². The Morgan fingerprint density at radius 1 is 1.40 bits per heavy atom. The maximum Gasteiger partial charge on any atom is 0.235 e. The van der Waals surface area contributed by atoms with E-state index in [4.69, 9.17) is 0 Å². The van der Waals surface area contributed by atoms with Crippen LogP contribution in [0, 0.1) is 11.3 Å². The highest BCUT2D eigenvalue weighted by Crippen LogP contribution is 2.31. The minimum atomic E-state index is -0.477. The molecule has 2 amide bonds. The van der Waals surface area contributed by atoms with Crippen molar-refractivity contribution in [3.8, 4) is 0 Å². The molecule has 0 spiro atoms. The predicted octanol–water partition coefficient (Wildman–Crippen LogP) is 0.381. The molecule has 1 N–H and O–H groups in total. The van der Waals surface area contributed by atoms with Gasteiger partial charge in [0.15, 0.2) is 0 Å². The lowest BCUT2D eigenvalue weighted by molar-refractivity contribution is -0.141. The standard InChI is InChI=1S/C11H18N2O2/c1-11(2)5-9(14)13(10(11)15)4-3-8-6-12-7-8/h8,12H,3-7H2,1-2H3. The molecule has 2 aliphatic heterocycles. The van der Waals surface area contributed by atoms with Gasteiger partial charge in [0, 0.05) is 13.0 Å². The van der Waals surface area contributed by atoms with Gasteiger partial charge in [-0.1, -0.05) is 13.8 Å². The molecule has 0 aromatic heterocycles. The first-order valence-electron chi connectivity index (χ1n) is 5.56. The van der Waals surface area contributed by atoms with E-state index in [1.165, 1.54) is 4.90 Å². The topological polar surface area (TPSA) is 49.4 Å². The predicted molar refractivity (Wildman–Crippen MR) is 56.1 cm³/mol. The van der Waals surface area contributed by atoms with Crippen molar-refractivity contribution < 1.29 is 9.59 Å². The summed E-state index contributed by atoms with van der Waals surface area (Å²) >= 11 is 0. The first kappa shape index (κ1) is 10.6. The zero-order valence-corrected chi connectivity index (χ0v) is 9.38. The highest BCUT2D eigenvalue weighted by molar-refractivity contribution is 6.05. The Labute approximate surface area is 90.0 Å². The molecule has 84 valence electrons. The number of carbonyl (C=O) groups is 2. The van der Waals surface area contributed by atoms with E-state index in [9.17, 15) is 9.59 Å². The Morgan fingerprint density at radius 2 is 2.07 bits per heavy atom. The van der Waals surface area contributed by atoms with Crippen molar-refractivity contribution in [3.05, 3.63) is 0 Å². The second kappa shape index (κ2) is 3.59. The maximum absolute atomic E-state index is 11.8. The fraction of sp³-hybridized carbons (Fsp3) is 0.818. The molecule has 2 fully saturated rings. The fourth-order valence-electron chi connectivity index (χ4n) is 2.12. The third-order valence-electron chi connectivity index (χ3n) is 3.35. The van der Waals surface area contributed by atoms with Crippen LogP contribution in [0.4, 0.5) is 0 Å². The van der Waals surface area contributed by atoms with Gasteiger partial charge in [-0.3, -0.25) is 14.5 Å². The van der Waals surface area contributed by atoms with Crippen LogP contribution in [-0.2, 0) is 9.59 Å². The average Bonchev–Trinajstić information content (AvgIpc) is 2.24. The molecule has 2 heterocycles. The van der Waals surface area contributed by atoms with Crippen LogP contribution in [0.5, 0.6) is 0 Å². The molecule has 15 heavy (non-hydrogen) atoms. The van der Waals surface area contributed by atoms with Crippen molar-refractivity contribution in [3.63, 3.8) is 0 Å². The van der Waals surface area contributed by atoms with E-state index in [-0.39, 0.29) is 11.8 Å². The van der Waals surface area contributed by atoms with Gasteiger partial charge in [0.25, 0.3) is 0 Å². The number of nitrogens with zero attached hydrogens (tertiary/aromatic N) is 1. The fourth-order valence-corrected chi connectivity index (χ4v) is 2.12. The first-order valence-corrected chi connectivity index (χ1v) is 5.56. The van der Waals surface area contributed by atoms with Gasteiger partial charge in [-0.25, -0.2) is 0 Å².